The third-order valence-corrected chi connectivity index (χ3v) is 0.936. The number of halogens is 2. The van der Waals surface area contributed by atoms with E-state index >= 15 is 0 Å². The fourth-order valence-electron chi connectivity index (χ4n) is 0.496. The summed E-state index contributed by atoms with van der Waals surface area (Å²) in [6.07, 6.45) is 0. The van der Waals surface area contributed by atoms with Crippen molar-refractivity contribution in [2.24, 2.45) is 0 Å². The van der Waals surface area contributed by atoms with E-state index in [9.17, 15) is 0 Å². The molecule has 0 aliphatic heterocycles. The van der Waals surface area contributed by atoms with Crippen LogP contribution in [0.15, 0.2) is 24.3 Å². The molecule has 0 saturated heterocycles. The van der Waals surface area contributed by atoms with E-state index in [0.29, 0.717) is 0 Å². The normalized spacial score (nSPS) is 8.18. The second-order valence-electron chi connectivity index (χ2n) is 1.72. The van der Waals surface area contributed by atoms with Crippen LogP contribution >= 0.6 is 23.7 Å². The maximum absolute atomic E-state index is 5.37. The van der Waals surface area contributed by atoms with Gasteiger partial charge in [0.05, 0.1) is 23.7 Å². The van der Waals surface area contributed by atoms with E-state index in [2.05, 4.69) is 27.6 Å². The highest BCUT2D eigenvalue weighted by Crippen LogP contribution is 2.04. The van der Waals surface area contributed by atoms with Crippen molar-refractivity contribution >= 4 is 35.1 Å². The van der Waals surface area contributed by atoms with Gasteiger partial charge in [-0.25, -0.2) is 0 Å². The van der Waals surface area contributed by atoms with Crippen LogP contribution in [0.25, 0.3) is 0 Å². The van der Waals surface area contributed by atoms with Gasteiger partial charge in [-0.05, 0) is 24.3 Å². The van der Waals surface area contributed by atoms with E-state index in [-0.39, 0.29) is 0 Å². The van der Waals surface area contributed by atoms with Crippen LogP contribution in [0.2, 0.25) is 0 Å². The van der Waals surface area contributed by atoms with Crippen molar-refractivity contribution in [1.82, 2.24) is 0 Å². The summed E-state index contributed by atoms with van der Waals surface area (Å²) in [5.41, 5.74) is 12.2. The number of rotatable bonds is 0. The quantitative estimate of drug-likeness (QED) is 0.623. The van der Waals surface area contributed by atoms with Crippen molar-refractivity contribution in [3.8, 4) is 0 Å². The number of hydrogen-bond acceptors (Lipinski definition) is 3. The second kappa shape index (κ2) is 6.09. The van der Waals surface area contributed by atoms with Gasteiger partial charge in [-0.15, -0.1) is 0 Å². The molecule has 0 fully saturated rings. The zero-order valence-electron chi connectivity index (χ0n) is 5.63. The first kappa shape index (κ1) is 10.4. The summed E-state index contributed by atoms with van der Waals surface area (Å²) in [5, 5.41) is 0. The molecule has 0 saturated carbocycles. The van der Waals surface area contributed by atoms with E-state index < -0.39 is 0 Å². The van der Waals surface area contributed by atoms with Crippen molar-refractivity contribution in [3.63, 3.8) is 0 Å². The van der Waals surface area contributed by atoms with E-state index in [1.165, 1.54) is 0 Å². The van der Waals surface area contributed by atoms with E-state index in [4.69, 9.17) is 11.5 Å². The Morgan fingerprint density at radius 3 is 1.27 bits per heavy atom. The van der Waals surface area contributed by atoms with Gasteiger partial charge in [-0.3, -0.25) is 0 Å². The molecule has 1 rings (SSSR count). The summed E-state index contributed by atoms with van der Waals surface area (Å²) < 4.78 is 3.19. The van der Waals surface area contributed by atoms with Crippen molar-refractivity contribution < 1.29 is 3.84 Å². The number of nitrogens with two attached hydrogens (primary N) is 2. The first-order valence-corrected chi connectivity index (χ1v) is 3.32. The Balaban J connectivity index is 0.000000292. The van der Waals surface area contributed by atoms with Crippen LogP contribution in [0.3, 0.4) is 0 Å². The maximum Gasteiger partial charge on any atom is 0.0832 e. The first-order valence-electron chi connectivity index (χ1n) is 2.71. The summed E-state index contributed by atoms with van der Waals surface area (Å²) in [4.78, 5) is 0. The highest BCUT2D eigenvalue weighted by Gasteiger charge is 1.80. The van der Waals surface area contributed by atoms with Gasteiger partial charge in [-0.1, -0.05) is 0 Å². The zero-order chi connectivity index (χ0) is 8.69. The predicted molar refractivity (Wildman–Crippen MR) is 48.1 cm³/mol. The predicted octanol–water partition coefficient (Wildman–Crippen LogP) is 2.16. The van der Waals surface area contributed by atoms with Gasteiger partial charge in [0.25, 0.3) is 0 Å². The Labute approximate surface area is 75.2 Å². The molecule has 0 spiro atoms. The monoisotopic (exact) mass is 194 g/mol. The Bertz CT molecular complexity index is 169. The van der Waals surface area contributed by atoms with Crippen LogP contribution in [-0.2, 0) is 3.84 Å². The van der Waals surface area contributed by atoms with Gasteiger partial charge >= 0.3 is 0 Å². The standard InChI is InChI=1S/C6H8N2.Cl2O/c7-5-1-2-6(8)4-3-5;1-3-2/h1-4H,7-8H2;. The van der Waals surface area contributed by atoms with Crippen LogP contribution in [-0.4, -0.2) is 0 Å². The number of anilines is 2. The van der Waals surface area contributed by atoms with Crippen LogP contribution in [0.1, 0.15) is 0 Å². The number of nitrogen functional groups attached to an aromatic ring is 2. The molecule has 0 aromatic heterocycles. The molecule has 0 heterocycles. The SMILES string of the molecule is ClOCl.Nc1ccc(N)cc1. The molecule has 0 radical (unpaired) electrons. The molecule has 0 atom stereocenters. The van der Waals surface area contributed by atoms with Gasteiger partial charge in [0.1, 0.15) is 0 Å². The molecule has 0 unspecified atom stereocenters. The van der Waals surface area contributed by atoms with Crippen molar-refractivity contribution in [3.05, 3.63) is 24.3 Å². The molecule has 62 valence electrons. The molecular weight excluding hydrogens is 187 g/mol. The van der Waals surface area contributed by atoms with Gasteiger partial charge in [0.2, 0.25) is 0 Å². The summed E-state index contributed by atoms with van der Waals surface area (Å²) in [6, 6.07) is 7.09. The van der Waals surface area contributed by atoms with Crippen LogP contribution < -0.4 is 11.5 Å². The second-order valence-corrected chi connectivity index (χ2v) is 2.19. The van der Waals surface area contributed by atoms with Gasteiger partial charge in [-0.2, -0.15) is 3.84 Å². The lowest BCUT2D eigenvalue weighted by atomic mass is 10.3. The topological polar surface area (TPSA) is 61.3 Å². The molecule has 1 aromatic carbocycles. The van der Waals surface area contributed by atoms with E-state index in [1.54, 1.807) is 24.3 Å². The van der Waals surface area contributed by atoms with Gasteiger partial charge in [0, 0.05) is 11.4 Å². The summed E-state index contributed by atoms with van der Waals surface area (Å²) >= 11 is 8.53. The maximum atomic E-state index is 5.37. The van der Waals surface area contributed by atoms with Gasteiger partial charge < -0.3 is 11.5 Å². The molecule has 11 heavy (non-hydrogen) atoms. The van der Waals surface area contributed by atoms with E-state index in [1.807, 2.05) is 0 Å². The minimum atomic E-state index is 0.749. The van der Waals surface area contributed by atoms with Crippen molar-refractivity contribution in [1.29, 1.82) is 0 Å². The summed E-state index contributed by atoms with van der Waals surface area (Å²) in [6.45, 7) is 0. The number of benzene rings is 1. The number of hydrogen-bond donors (Lipinski definition) is 2. The average Bonchev–Trinajstić information content (AvgIpc) is 1.97. The fraction of sp³-hybridized carbons (Fsp3) is 0. The third-order valence-electron chi connectivity index (χ3n) is 0.936. The highest BCUT2D eigenvalue weighted by molar-refractivity contribution is 6.24. The molecule has 0 aliphatic rings. The minimum absolute atomic E-state index is 0.749. The third kappa shape index (κ3) is 5.79. The van der Waals surface area contributed by atoms with Crippen molar-refractivity contribution in [2.75, 3.05) is 11.5 Å². The average molecular weight is 195 g/mol. The Kier molecular flexibility index (Phi) is 5.74. The zero-order valence-corrected chi connectivity index (χ0v) is 7.14. The smallest absolute Gasteiger partial charge is 0.0832 e. The largest absolute Gasteiger partial charge is 0.399 e. The van der Waals surface area contributed by atoms with Crippen LogP contribution in [0.5, 0.6) is 0 Å². The molecule has 4 N–H and O–H groups in total. The molecule has 5 heteroatoms. The molecule has 0 amide bonds. The van der Waals surface area contributed by atoms with Gasteiger partial charge in [0.15, 0.2) is 0 Å². The van der Waals surface area contributed by atoms with Crippen LogP contribution in [0, 0.1) is 0 Å². The summed E-state index contributed by atoms with van der Waals surface area (Å²) in [5.74, 6) is 0. The summed E-state index contributed by atoms with van der Waals surface area (Å²) in [7, 11) is 0. The molecule has 1 aromatic rings. The molecule has 0 bridgehead atoms. The lowest BCUT2D eigenvalue weighted by Gasteiger charge is -1.90. The van der Waals surface area contributed by atoms with Crippen molar-refractivity contribution in [2.45, 2.75) is 0 Å². The minimum Gasteiger partial charge on any atom is -0.399 e. The molecule has 3 nitrogen and oxygen atoms in total. The first-order chi connectivity index (χ1) is 5.20. The molecule has 0 aliphatic carbocycles. The Hall–Kier alpha value is -0.640. The Morgan fingerprint density at radius 1 is 0.909 bits per heavy atom. The molecular formula is C6H8Cl2N2O. The fourth-order valence-corrected chi connectivity index (χ4v) is 0.496. The highest BCUT2D eigenvalue weighted by atomic mass is 35.6. The van der Waals surface area contributed by atoms with Crippen LogP contribution in [0.4, 0.5) is 11.4 Å². The van der Waals surface area contributed by atoms with E-state index in [0.717, 1.165) is 11.4 Å². The lowest BCUT2D eigenvalue weighted by Crippen LogP contribution is -1.86. The lowest BCUT2D eigenvalue weighted by molar-refractivity contribution is 0.697. The Morgan fingerprint density at radius 2 is 1.09 bits per heavy atom.